The summed E-state index contributed by atoms with van der Waals surface area (Å²) in [5, 5.41) is 18.2. The maximum absolute atomic E-state index is 11.0. The van der Waals surface area contributed by atoms with Crippen molar-refractivity contribution in [3.05, 3.63) is 29.3 Å². The van der Waals surface area contributed by atoms with Crippen molar-refractivity contribution in [1.82, 2.24) is 0 Å². The van der Waals surface area contributed by atoms with E-state index < -0.39 is 12.6 Å². The van der Waals surface area contributed by atoms with Crippen molar-refractivity contribution in [3.63, 3.8) is 0 Å². The first-order valence-electron chi connectivity index (χ1n) is 5.07. The number of rotatable bonds is 5. The Morgan fingerprint density at radius 1 is 1.29 bits per heavy atom. The fourth-order valence-corrected chi connectivity index (χ4v) is 1.38. The molecule has 0 bridgehead atoms. The molecule has 0 aromatic heterocycles. The third-order valence-electron chi connectivity index (χ3n) is 2.29. The predicted molar refractivity (Wildman–Crippen MR) is 59.6 cm³/mol. The second kappa shape index (κ2) is 6.00. The first-order valence-corrected chi connectivity index (χ1v) is 5.07. The van der Waals surface area contributed by atoms with Crippen LogP contribution in [0.15, 0.2) is 18.2 Å². The Balaban J connectivity index is 2.79. The number of hydrogen-bond acceptors (Lipinski definition) is 5. The number of aliphatic hydroxyl groups is 1. The number of benzene rings is 1. The van der Waals surface area contributed by atoms with Gasteiger partial charge in [-0.3, -0.25) is 9.59 Å². The Kier molecular flexibility index (Phi) is 4.66. The Hall–Kier alpha value is -1.88. The third-order valence-corrected chi connectivity index (χ3v) is 2.29. The minimum atomic E-state index is -0.552. The molecular formula is C12H14O5. The van der Waals surface area contributed by atoms with Crippen LogP contribution in [0.3, 0.4) is 0 Å². The van der Waals surface area contributed by atoms with E-state index in [4.69, 9.17) is 5.11 Å². The van der Waals surface area contributed by atoms with E-state index in [1.807, 2.05) is 0 Å². The van der Waals surface area contributed by atoms with Crippen molar-refractivity contribution in [2.24, 2.45) is 0 Å². The van der Waals surface area contributed by atoms with Gasteiger partial charge in [0.1, 0.15) is 12.4 Å². The minimum absolute atomic E-state index is 0.0269. The fraction of sp³-hybridized carbons (Fsp3) is 0.333. The third kappa shape index (κ3) is 3.88. The van der Waals surface area contributed by atoms with E-state index in [9.17, 15) is 14.7 Å². The van der Waals surface area contributed by atoms with E-state index in [0.29, 0.717) is 11.1 Å². The van der Waals surface area contributed by atoms with Gasteiger partial charge < -0.3 is 14.9 Å². The van der Waals surface area contributed by atoms with Crippen LogP contribution in [0.1, 0.15) is 11.1 Å². The van der Waals surface area contributed by atoms with Gasteiger partial charge in [0, 0.05) is 12.0 Å². The number of carbonyl (C=O) groups excluding carboxylic acids is 2. The van der Waals surface area contributed by atoms with Crippen molar-refractivity contribution >= 4 is 11.8 Å². The quantitative estimate of drug-likeness (QED) is 0.716. The Morgan fingerprint density at radius 3 is 2.53 bits per heavy atom. The van der Waals surface area contributed by atoms with Crippen molar-refractivity contribution in [2.45, 2.75) is 12.8 Å². The fourth-order valence-electron chi connectivity index (χ4n) is 1.38. The molecule has 5 nitrogen and oxygen atoms in total. The van der Waals surface area contributed by atoms with E-state index in [1.54, 1.807) is 12.1 Å². The van der Waals surface area contributed by atoms with E-state index >= 15 is 0 Å². The van der Waals surface area contributed by atoms with Crippen molar-refractivity contribution in [3.8, 4) is 5.75 Å². The molecule has 0 aliphatic carbocycles. The lowest BCUT2D eigenvalue weighted by Crippen LogP contribution is -2.08. The molecule has 17 heavy (non-hydrogen) atoms. The summed E-state index contributed by atoms with van der Waals surface area (Å²) in [6.07, 6.45) is 0.0408. The highest BCUT2D eigenvalue weighted by atomic mass is 16.5. The second-order valence-corrected chi connectivity index (χ2v) is 3.59. The van der Waals surface area contributed by atoms with Gasteiger partial charge in [-0.05, 0) is 11.6 Å². The molecule has 0 spiro atoms. The zero-order chi connectivity index (χ0) is 12.8. The van der Waals surface area contributed by atoms with E-state index in [0.717, 1.165) is 0 Å². The highest BCUT2D eigenvalue weighted by molar-refractivity contribution is 5.82. The summed E-state index contributed by atoms with van der Waals surface area (Å²) in [4.78, 5) is 22.0. The Labute approximate surface area is 98.6 Å². The number of hydrogen-bond donors (Lipinski definition) is 2. The predicted octanol–water partition coefficient (Wildman–Crippen LogP) is 0.212. The summed E-state index contributed by atoms with van der Waals surface area (Å²) in [6, 6.07) is 4.61. The number of carbonyl (C=O) groups is 2. The summed E-state index contributed by atoms with van der Waals surface area (Å²) in [5.74, 6) is -0.835. The van der Waals surface area contributed by atoms with Crippen LogP contribution >= 0.6 is 0 Å². The van der Waals surface area contributed by atoms with Crippen molar-refractivity contribution < 1.29 is 24.5 Å². The lowest BCUT2D eigenvalue weighted by molar-refractivity contribution is -0.139. The Morgan fingerprint density at radius 2 is 2.00 bits per heavy atom. The molecule has 0 radical (unpaired) electrons. The number of methoxy groups -OCH3 is 1. The highest BCUT2D eigenvalue weighted by Gasteiger charge is 2.09. The molecule has 5 heteroatoms. The molecule has 0 heterocycles. The molecule has 0 unspecified atom stereocenters. The molecule has 1 aromatic carbocycles. The molecule has 1 rings (SSSR count). The lowest BCUT2D eigenvalue weighted by Gasteiger charge is -2.05. The van der Waals surface area contributed by atoms with Crippen LogP contribution in [-0.4, -0.2) is 35.7 Å². The van der Waals surface area contributed by atoms with E-state index in [-0.39, 0.29) is 24.4 Å². The van der Waals surface area contributed by atoms with Crippen molar-refractivity contribution in [2.75, 3.05) is 13.7 Å². The summed E-state index contributed by atoms with van der Waals surface area (Å²) >= 11 is 0. The van der Waals surface area contributed by atoms with Crippen molar-refractivity contribution in [1.29, 1.82) is 0 Å². The number of ketones is 1. The molecular weight excluding hydrogens is 224 g/mol. The van der Waals surface area contributed by atoms with Gasteiger partial charge in [0.05, 0.1) is 13.5 Å². The highest BCUT2D eigenvalue weighted by Crippen LogP contribution is 2.20. The smallest absolute Gasteiger partial charge is 0.309 e. The number of ether oxygens (including phenoxy) is 1. The van der Waals surface area contributed by atoms with Gasteiger partial charge in [-0.25, -0.2) is 0 Å². The monoisotopic (exact) mass is 238 g/mol. The molecule has 2 N–H and O–H groups in total. The van der Waals surface area contributed by atoms with Crippen LogP contribution in [0, 0.1) is 0 Å². The van der Waals surface area contributed by atoms with Crippen LogP contribution in [-0.2, 0) is 27.2 Å². The first-order chi connectivity index (χ1) is 8.06. The molecule has 0 aliphatic rings. The van der Waals surface area contributed by atoms with Crippen LogP contribution in [0.2, 0.25) is 0 Å². The molecule has 92 valence electrons. The van der Waals surface area contributed by atoms with Gasteiger partial charge in [-0.2, -0.15) is 0 Å². The number of phenols is 1. The summed E-state index contributed by atoms with van der Waals surface area (Å²) < 4.78 is 4.50. The molecule has 0 aliphatic heterocycles. The zero-order valence-corrected chi connectivity index (χ0v) is 9.47. The largest absolute Gasteiger partial charge is 0.508 e. The van der Waals surface area contributed by atoms with Gasteiger partial charge in [-0.15, -0.1) is 0 Å². The van der Waals surface area contributed by atoms with Gasteiger partial charge >= 0.3 is 5.97 Å². The molecule has 1 aromatic rings. The summed E-state index contributed by atoms with van der Waals surface area (Å²) in [6.45, 7) is -0.552. The minimum Gasteiger partial charge on any atom is -0.508 e. The summed E-state index contributed by atoms with van der Waals surface area (Å²) in [5.41, 5.74) is 1.03. The van der Waals surface area contributed by atoms with Crippen LogP contribution in [0.25, 0.3) is 0 Å². The van der Waals surface area contributed by atoms with Crippen LogP contribution in [0.4, 0.5) is 0 Å². The lowest BCUT2D eigenvalue weighted by atomic mass is 10.0. The average molecular weight is 238 g/mol. The van der Waals surface area contributed by atoms with Crippen LogP contribution < -0.4 is 0 Å². The average Bonchev–Trinajstić information content (AvgIpc) is 2.32. The van der Waals surface area contributed by atoms with E-state index in [1.165, 1.54) is 13.2 Å². The number of aromatic hydroxyl groups is 1. The zero-order valence-electron chi connectivity index (χ0n) is 9.47. The van der Waals surface area contributed by atoms with Gasteiger partial charge in [-0.1, -0.05) is 12.1 Å². The number of phenolic OH excluding ortho intramolecular Hbond substituents is 1. The maximum atomic E-state index is 11.0. The second-order valence-electron chi connectivity index (χ2n) is 3.59. The molecule has 0 saturated heterocycles. The maximum Gasteiger partial charge on any atom is 0.309 e. The first kappa shape index (κ1) is 13.2. The van der Waals surface area contributed by atoms with Gasteiger partial charge in [0.2, 0.25) is 0 Å². The van der Waals surface area contributed by atoms with Crippen LogP contribution in [0.5, 0.6) is 5.75 Å². The molecule has 0 saturated carbocycles. The number of esters is 1. The number of aliphatic hydroxyl groups excluding tert-OH is 1. The number of Topliss-reactive ketones (excluding diaryl/α,β-unsaturated/α-hetero) is 1. The molecule has 0 amide bonds. The molecule has 0 atom stereocenters. The topological polar surface area (TPSA) is 83.8 Å². The van der Waals surface area contributed by atoms with Gasteiger partial charge in [0.25, 0.3) is 0 Å². The van der Waals surface area contributed by atoms with E-state index in [2.05, 4.69) is 4.74 Å². The standard InChI is InChI=1S/C12H14O5/c1-17-12(16)5-8-2-3-9(11(15)4-8)6-10(14)7-13/h2-4,13,15H,5-7H2,1H3. The van der Waals surface area contributed by atoms with Gasteiger partial charge in [0.15, 0.2) is 5.78 Å². The SMILES string of the molecule is COC(=O)Cc1ccc(CC(=O)CO)c(O)c1. The summed E-state index contributed by atoms with van der Waals surface area (Å²) in [7, 11) is 1.29. The Bertz CT molecular complexity index is 425. The molecule has 0 fully saturated rings. The normalized spacial score (nSPS) is 10.0.